The Balaban J connectivity index is 1.96. The second kappa shape index (κ2) is 7.43. The summed E-state index contributed by atoms with van der Waals surface area (Å²) in [5.41, 5.74) is 1.23. The summed E-state index contributed by atoms with van der Waals surface area (Å²) in [5, 5.41) is 9.08. The SMILES string of the molecule is COc1cc(CN(C)CC2CCCCO2)ccc1C(=O)O. The van der Waals surface area contributed by atoms with Crippen LogP contribution in [0.5, 0.6) is 5.75 Å². The van der Waals surface area contributed by atoms with Crippen LogP contribution < -0.4 is 4.74 Å². The summed E-state index contributed by atoms with van der Waals surface area (Å²) < 4.78 is 10.9. The van der Waals surface area contributed by atoms with Gasteiger partial charge in [0.25, 0.3) is 0 Å². The number of ether oxygens (including phenoxy) is 2. The standard InChI is InChI=1S/C16H23NO4/c1-17(11-13-5-3-4-8-21-13)10-12-6-7-14(16(18)19)15(9-12)20-2/h6-7,9,13H,3-5,8,10-11H2,1-2H3,(H,18,19). The number of rotatable bonds is 6. The van der Waals surface area contributed by atoms with Crippen molar-refractivity contribution in [2.75, 3.05) is 27.3 Å². The molecule has 5 heteroatoms. The normalized spacial score (nSPS) is 18.7. The van der Waals surface area contributed by atoms with Crippen molar-refractivity contribution in [1.82, 2.24) is 4.90 Å². The lowest BCUT2D eigenvalue weighted by Gasteiger charge is -2.27. The van der Waals surface area contributed by atoms with Gasteiger partial charge in [-0.05, 0) is 44.0 Å². The summed E-state index contributed by atoms with van der Waals surface area (Å²) >= 11 is 0. The van der Waals surface area contributed by atoms with E-state index in [0.29, 0.717) is 11.9 Å². The molecule has 1 aliphatic rings. The summed E-state index contributed by atoms with van der Waals surface area (Å²) in [5.74, 6) is -0.565. The molecule has 1 atom stereocenters. The first kappa shape index (κ1) is 15.8. The van der Waals surface area contributed by atoms with Gasteiger partial charge >= 0.3 is 5.97 Å². The number of aromatic carboxylic acids is 1. The molecule has 0 saturated carbocycles. The summed E-state index contributed by atoms with van der Waals surface area (Å²) in [6.07, 6.45) is 3.82. The van der Waals surface area contributed by atoms with Crippen LogP contribution in [-0.4, -0.2) is 49.4 Å². The van der Waals surface area contributed by atoms with Gasteiger partial charge in [0.05, 0.1) is 13.2 Å². The largest absolute Gasteiger partial charge is 0.496 e. The number of hydrogen-bond donors (Lipinski definition) is 1. The monoisotopic (exact) mass is 293 g/mol. The molecule has 21 heavy (non-hydrogen) atoms. The Kier molecular flexibility index (Phi) is 5.59. The topological polar surface area (TPSA) is 59.0 Å². The zero-order chi connectivity index (χ0) is 15.2. The minimum Gasteiger partial charge on any atom is -0.496 e. The molecule has 0 amide bonds. The Bertz CT molecular complexity index is 483. The summed E-state index contributed by atoms with van der Waals surface area (Å²) in [6.45, 7) is 2.50. The Morgan fingerprint density at radius 2 is 2.29 bits per heavy atom. The van der Waals surface area contributed by atoms with Gasteiger partial charge in [0.15, 0.2) is 0 Å². The molecule has 5 nitrogen and oxygen atoms in total. The van der Waals surface area contributed by atoms with Crippen molar-refractivity contribution in [2.24, 2.45) is 0 Å². The summed E-state index contributed by atoms with van der Waals surface area (Å²) in [4.78, 5) is 13.3. The fourth-order valence-electron chi connectivity index (χ4n) is 2.69. The minimum atomic E-state index is -0.970. The molecule has 1 aromatic carbocycles. The highest BCUT2D eigenvalue weighted by molar-refractivity contribution is 5.90. The Morgan fingerprint density at radius 1 is 1.48 bits per heavy atom. The number of carboxylic acids is 1. The van der Waals surface area contributed by atoms with Gasteiger partial charge < -0.3 is 14.6 Å². The van der Waals surface area contributed by atoms with E-state index in [9.17, 15) is 4.79 Å². The van der Waals surface area contributed by atoms with Crippen molar-refractivity contribution in [1.29, 1.82) is 0 Å². The average Bonchev–Trinajstić information content (AvgIpc) is 2.47. The van der Waals surface area contributed by atoms with Crippen LogP contribution in [0, 0.1) is 0 Å². The maximum atomic E-state index is 11.1. The third-order valence-corrected chi connectivity index (χ3v) is 3.74. The molecule has 1 saturated heterocycles. The van der Waals surface area contributed by atoms with Crippen LogP contribution in [-0.2, 0) is 11.3 Å². The third kappa shape index (κ3) is 4.44. The second-order valence-electron chi connectivity index (χ2n) is 5.53. The Labute approximate surface area is 125 Å². The fourth-order valence-corrected chi connectivity index (χ4v) is 2.69. The van der Waals surface area contributed by atoms with E-state index in [-0.39, 0.29) is 5.56 Å². The Hall–Kier alpha value is -1.59. The number of nitrogens with zero attached hydrogens (tertiary/aromatic N) is 1. The first-order valence-corrected chi connectivity index (χ1v) is 7.30. The molecule has 1 heterocycles. The van der Waals surface area contributed by atoms with Gasteiger partial charge in [0, 0.05) is 19.7 Å². The van der Waals surface area contributed by atoms with Crippen LogP contribution in [0.1, 0.15) is 35.2 Å². The zero-order valence-electron chi connectivity index (χ0n) is 12.7. The quantitative estimate of drug-likeness (QED) is 0.872. The van der Waals surface area contributed by atoms with Crippen molar-refractivity contribution in [3.8, 4) is 5.75 Å². The molecule has 2 rings (SSSR count). The van der Waals surface area contributed by atoms with E-state index in [1.807, 2.05) is 6.07 Å². The van der Waals surface area contributed by atoms with Crippen LogP contribution in [0.2, 0.25) is 0 Å². The van der Waals surface area contributed by atoms with Crippen LogP contribution >= 0.6 is 0 Å². The molecule has 0 spiro atoms. The van der Waals surface area contributed by atoms with E-state index >= 15 is 0 Å². The first-order chi connectivity index (χ1) is 10.1. The van der Waals surface area contributed by atoms with E-state index in [1.54, 1.807) is 12.1 Å². The molecule has 1 fully saturated rings. The van der Waals surface area contributed by atoms with Crippen molar-refractivity contribution in [3.63, 3.8) is 0 Å². The number of carbonyl (C=O) groups is 1. The van der Waals surface area contributed by atoms with E-state index in [4.69, 9.17) is 14.6 Å². The lowest BCUT2D eigenvalue weighted by atomic mass is 10.1. The highest BCUT2D eigenvalue weighted by atomic mass is 16.5. The van der Waals surface area contributed by atoms with Gasteiger partial charge in [-0.15, -0.1) is 0 Å². The van der Waals surface area contributed by atoms with Gasteiger partial charge in [-0.1, -0.05) is 6.07 Å². The van der Waals surface area contributed by atoms with E-state index in [1.165, 1.54) is 13.5 Å². The smallest absolute Gasteiger partial charge is 0.339 e. The van der Waals surface area contributed by atoms with Crippen LogP contribution in [0.3, 0.4) is 0 Å². The highest BCUT2D eigenvalue weighted by Crippen LogP contribution is 2.21. The van der Waals surface area contributed by atoms with Crippen molar-refractivity contribution >= 4 is 5.97 Å². The molecule has 0 aromatic heterocycles. The summed E-state index contributed by atoms with van der Waals surface area (Å²) in [6, 6.07) is 5.23. The predicted octanol–water partition coefficient (Wildman–Crippen LogP) is 2.39. The van der Waals surface area contributed by atoms with Gasteiger partial charge in [0.2, 0.25) is 0 Å². The highest BCUT2D eigenvalue weighted by Gasteiger charge is 2.17. The van der Waals surface area contributed by atoms with Gasteiger partial charge in [-0.2, -0.15) is 0 Å². The van der Waals surface area contributed by atoms with Crippen LogP contribution in [0.4, 0.5) is 0 Å². The molecular weight excluding hydrogens is 270 g/mol. The average molecular weight is 293 g/mol. The molecular formula is C16H23NO4. The van der Waals surface area contributed by atoms with Crippen molar-refractivity contribution in [3.05, 3.63) is 29.3 Å². The number of benzene rings is 1. The van der Waals surface area contributed by atoms with Crippen LogP contribution in [0.15, 0.2) is 18.2 Å². The zero-order valence-corrected chi connectivity index (χ0v) is 12.7. The van der Waals surface area contributed by atoms with Crippen molar-refractivity contribution < 1.29 is 19.4 Å². The van der Waals surface area contributed by atoms with E-state index in [2.05, 4.69) is 11.9 Å². The lowest BCUT2D eigenvalue weighted by molar-refractivity contribution is -0.00259. The Morgan fingerprint density at radius 3 is 2.90 bits per heavy atom. The molecule has 0 radical (unpaired) electrons. The number of carboxylic acid groups (broad SMARTS) is 1. The van der Waals surface area contributed by atoms with E-state index < -0.39 is 5.97 Å². The van der Waals surface area contributed by atoms with Crippen LogP contribution in [0.25, 0.3) is 0 Å². The third-order valence-electron chi connectivity index (χ3n) is 3.74. The number of likely N-dealkylation sites (N-methyl/N-ethyl adjacent to an activating group) is 1. The molecule has 1 aromatic rings. The minimum absolute atomic E-state index is 0.194. The molecule has 0 bridgehead atoms. The molecule has 1 aliphatic heterocycles. The first-order valence-electron chi connectivity index (χ1n) is 7.30. The maximum Gasteiger partial charge on any atom is 0.339 e. The van der Waals surface area contributed by atoms with Crippen molar-refractivity contribution in [2.45, 2.75) is 31.9 Å². The second-order valence-corrected chi connectivity index (χ2v) is 5.53. The lowest BCUT2D eigenvalue weighted by Crippen LogP contribution is -2.33. The van der Waals surface area contributed by atoms with Gasteiger partial charge in [-0.3, -0.25) is 4.90 Å². The fraction of sp³-hybridized carbons (Fsp3) is 0.562. The van der Waals surface area contributed by atoms with Gasteiger partial charge in [-0.25, -0.2) is 4.79 Å². The molecule has 0 aliphatic carbocycles. The molecule has 116 valence electrons. The number of methoxy groups -OCH3 is 1. The summed E-state index contributed by atoms with van der Waals surface area (Å²) in [7, 11) is 3.54. The maximum absolute atomic E-state index is 11.1. The molecule has 1 unspecified atom stereocenters. The number of hydrogen-bond acceptors (Lipinski definition) is 4. The van der Waals surface area contributed by atoms with E-state index in [0.717, 1.165) is 38.1 Å². The molecule has 1 N–H and O–H groups in total. The van der Waals surface area contributed by atoms with Gasteiger partial charge in [0.1, 0.15) is 11.3 Å². The predicted molar refractivity (Wildman–Crippen MR) is 79.9 cm³/mol.